The fourth-order valence-corrected chi connectivity index (χ4v) is 12.7. The summed E-state index contributed by atoms with van der Waals surface area (Å²) in [6, 6.07) is -2.84. The molecule has 0 aromatic heterocycles. The number of phosphoric ester groups is 2. The molecule has 2 rings (SSSR count). The summed E-state index contributed by atoms with van der Waals surface area (Å²) in [7, 11) is -7.69. The van der Waals surface area contributed by atoms with Gasteiger partial charge in [0.15, 0.2) is 12.6 Å². The van der Waals surface area contributed by atoms with Crippen molar-refractivity contribution in [3.8, 4) is 0 Å². The lowest BCUT2D eigenvalue weighted by atomic mass is 9.95. The molecule has 0 aromatic carbocycles. The fraction of sp³-hybridized carbons (Fsp3) is 0.924. The lowest BCUT2D eigenvalue weighted by Crippen LogP contribution is -2.67. The van der Waals surface area contributed by atoms with Crippen LogP contribution in [0.2, 0.25) is 0 Å². The predicted octanol–water partition coefficient (Wildman–Crippen LogP) is 13.6. The SMILES string of the molecule is CCCCCCC=CCCCCCCCCCC(=O)N[C@H]1[C@H](OC[C@H]2O[C@H](OP(=O)(O)O)[C@H](NC(=O)CC(=O)CCCCCCCCCCC)[C@@H](OCCCCCCCCCC)[C@@H]2O)OC(COC)[C@@H](OP(=O)(O)O)[C@@H]1OCC[C@@H](CCCCCCC)OC. The van der Waals surface area contributed by atoms with Gasteiger partial charge in [-0.05, 0) is 57.8 Å². The number of ketones is 1. The van der Waals surface area contributed by atoms with Crippen molar-refractivity contribution in [3.63, 3.8) is 0 Å². The Balaban J connectivity index is 2.45. The normalized spacial score (nSPS) is 22.9. The molecule has 0 radical (unpaired) electrons. The van der Waals surface area contributed by atoms with Gasteiger partial charge in [0.1, 0.15) is 54.5 Å². The van der Waals surface area contributed by atoms with Crippen molar-refractivity contribution < 1.29 is 90.4 Å². The number of nitrogens with one attached hydrogen (secondary N) is 2. The monoisotopic (exact) mass is 1310 g/mol. The third-order valence-electron chi connectivity index (χ3n) is 16.8. The molecule has 524 valence electrons. The standard InChI is InChI=1S/C66H126N2O19P2/c1-7-11-15-19-22-25-26-27-28-29-30-32-34-38-42-46-57(70)67-60-64(82-49-47-54(80-6)45-41-36-18-14-10-4)62(86-88(73,74)75)56(51-79-5)85-65(60)83-52-55-61(72)63(81-48-43-39-35-24-21-17-13-9-3)59(66(84-55)87-89(76,77)78)68-58(71)50-53(69)44-40-37-33-31-23-20-16-12-8-2/h25-26,54-56,59-66,72H,7-24,27-52H2,1-6H3,(H,67,70)(H,68,71)(H2,73,74,75)(H2,76,77,78)/t54-,55-,56?,59-,60-,61-,62-,63-,64-,65-,66-/m1/s1. The van der Waals surface area contributed by atoms with Gasteiger partial charge in [0, 0.05) is 40.3 Å². The number of amides is 2. The van der Waals surface area contributed by atoms with Crippen LogP contribution in [0.15, 0.2) is 12.2 Å². The molecule has 1 unspecified atom stereocenters. The zero-order valence-corrected chi connectivity index (χ0v) is 57.8. The van der Waals surface area contributed by atoms with E-state index >= 15 is 0 Å². The third-order valence-corrected chi connectivity index (χ3v) is 17.8. The maximum Gasteiger partial charge on any atom is 0.472 e. The molecule has 23 heteroatoms. The Hall–Kier alpha value is -1.75. The van der Waals surface area contributed by atoms with Crippen LogP contribution in [0.1, 0.15) is 285 Å². The van der Waals surface area contributed by atoms with Gasteiger partial charge in [-0.2, -0.15) is 0 Å². The second-order valence-corrected chi connectivity index (χ2v) is 27.2. The molecule has 0 aromatic rings. The molecular formula is C66H126N2O19P2. The Morgan fingerprint density at radius 3 is 1.45 bits per heavy atom. The van der Waals surface area contributed by atoms with Crippen LogP contribution in [-0.4, -0.2) is 150 Å². The van der Waals surface area contributed by atoms with Gasteiger partial charge < -0.3 is 68.5 Å². The molecule has 7 N–H and O–H groups in total. The highest BCUT2D eigenvalue weighted by Gasteiger charge is 2.53. The van der Waals surface area contributed by atoms with E-state index in [4.69, 9.17) is 42.2 Å². The van der Waals surface area contributed by atoms with E-state index in [1.807, 2.05) is 0 Å². The number of unbranched alkanes of at least 4 members (excludes halogenated alkanes) is 30. The molecule has 2 saturated heterocycles. The summed E-state index contributed by atoms with van der Waals surface area (Å²) in [5.41, 5.74) is 0. The minimum absolute atomic E-state index is 0.00889. The molecule has 2 heterocycles. The Morgan fingerprint density at radius 2 is 0.921 bits per heavy atom. The number of carbonyl (C=O) groups excluding carboxylic acids is 3. The van der Waals surface area contributed by atoms with E-state index in [9.17, 15) is 48.2 Å². The number of hydrogen-bond donors (Lipinski definition) is 7. The summed E-state index contributed by atoms with van der Waals surface area (Å²) >= 11 is 0. The lowest BCUT2D eigenvalue weighted by molar-refractivity contribution is -0.301. The molecular weight excluding hydrogens is 1190 g/mol. The van der Waals surface area contributed by atoms with Crippen molar-refractivity contribution in [1.82, 2.24) is 10.6 Å². The highest BCUT2D eigenvalue weighted by molar-refractivity contribution is 7.46. The van der Waals surface area contributed by atoms with E-state index in [0.29, 0.717) is 25.7 Å². The van der Waals surface area contributed by atoms with E-state index in [-0.39, 0.29) is 44.5 Å². The molecule has 0 aliphatic carbocycles. The van der Waals surface area contributed by atoms with Crippen LogP contribution >= 0.6 is 15.6 Å². The minimum atomic E-state index is -5.39. The Kier molecular flexibility index (Phi) is 49.2. The first-order chi connectivity index (χ1) is 42.9. The number of methoxy groups -OCH3 is 2. The van der Waals surface area contributed by atoms with Gasteiger partial charge in [-0.25, -0.2) is 9.13 Å². The average molecular weight is 1310 g/mol. The Bertz CT molecular complexity index is 1900. The summed E-state index contributed by atoms with van der Waals surface area (Å²) in [6.07, 6.45) is 29.6. The largest absolute Gasteiger partial charge is 0.472 e. The first-order valence-electron chi connectivity index (χ1n) is 35.0. The summed E-state index contributed by atoms with van der Waals surface area (Å²) in [5, 5.41) is 17.9. The molecule has 2 aliphatic heterocycles. The summed E-state index contributed by atoms with van der Waals surface area (Å²) in [6.45, 7) is 7.91. The molecule has 0 spiro atoms. The number of phosphoric acid groups is 2. The number of ether oxygens (including phenoxy) is 7. The van der Waals surface area contributed by atoms with E-state index in [0.717, 1.165) is 161 Å². The topological polar surface area (TPSA) is 294 Å². The van der Waals surface area contributed by atoms with Crippen LogP contribution in [0.25, 0.3) is 0 Å². The fourth-order valence-electron chi connectivity index (χ4n) is 11.7. The molecule has 11 atom stereocenters. The third kappa shape index (κ3) is 41.0. The van der Waals surface area contributed by atoms with Crippen molar-refractivity contribution in [3.05, 3.63) is 12.2 Å². The molecule has 21 nitrogen and oxygen atoms in total. The minimum Gasteiger partial charge on any atom is -0.388 e. The quantitative estimate of drug-likeness (QED) is 0.0129. The van der Waals surface area contributed by atoms with Crippen molar-refractivity contribution >= 4 is 33.2 Å². The maximum absolute atomic E-state index is 14.1. The second-order valence-electron chi connectivity index (χ2n) is 24.8. The van der Waals surface area contributed by atoms with Crippen molar-refractivity contribution in [1.29, 1.82) is 0 Å². The number of aliphatic hydroxyl groups excluding tert-OH is 1. The maximum atomic E-state index is 14.1. The summed E-state index contributed by atoms with van der Waals surface area (Å²) < 4.78 is 79.3. The number of rotatable bonds is 59. The predicted molar refractivity (Wildman–Crippen MR) is 347 cm³/mol. The van der Waals surface area contributed by atoms with Crippen LogP contribution in [0.3, 0.4) is 0 Å². The number of aliphatic hydroxyl groups is 1. The molecule has 2 aliphatic rings. The van der Waals surface area contributed by atoms with E-state index < -0.39 is 102 Å². The van der Waals surface area contributed by atoms with Crippen molar-refractivity contribution in [2.45, 2.75) is 352 Å². The molecule has 0 saturated carbocycles. The van der Waals surface area contributed by atoms with Crippen molar-refractivity contribution in [2.24, 2.45) is 0 Å². The number of Topliss-reactive ketones (excluding diaryl/α,β-unsaturated/α-hetero) is 1. The van der Waals surface area contributed by atoms with E-state index in [1.165, 1.54) is 58.5 Å². The highest BCUT2D eigenvalue weighted by atomic mass is 31.2. The van der Waals surface area contributed by atoms with Gasteiger partial charge in [-0.15, -0.1) is 0 Å². The Labute approximate surface area is 536 Å². The van der Waals surface area contributed by atoms with Crippen LogP contribution in [0, 0.1) is 0 Å². The second kappa shape index (κ2) is 52.5. The Morgan fingerprint density at radius 1 is 0.472 bits per heavy atom. The first kappa shape index (κ1) is 83.3. The zero-order chi connectivity index (χ0) is 65.4. The molecule has 2 fully saturated rings. The van der Waals surface area contributed by atoms with Gasteiger partial charge in [0.2, 0.25) is 11.8 Å². The van der Waals surface area contributed by atoms with E-state index in [2.05, 4.69) is 50.5 Å². The lowest BCUT2D eigenvalue weighted by Gasteiger charge is -2.47. The summed E-state index contributed by atoms with van der Waals surface area (Å²) in [5.74, 6) is -1.52. The smallest absolute Gasteiger partial charge is 0.388 e. The van der Waals surface area contributed by atoms with Gasteiger partial charge in [-0.3, -0.25) is 23.4 Å². The van der Waals surface area contributed by atoms with Gasteiger partial charge in [0.25, 0.3) is 0 Å². The zero-order valence-electron chi connectivity index (χ0n) is 56.0. The summed E-state index contributed by atoms with van der Waals surface area (Å²) in [4.78, 5) is 82.2. The molecule has 89 heavy (non-hydrogen) atoms. The van der Waals surface area contributed by atoms with Crippen molar-refractivity contribution in [2.75, 3.05) is 40.6 Å². The van der Waals surface area contributed by atoms with Crippen LogP contribution in [0.5, 0.6) is 0 Å². The number of hydrogen-bond acceptors (Lipinski definition) is 15. The van der Waals surface area contributed by atoms with Gasteiger partial charge in [0.05, 0.1) is 25.7 Å². The highest BCUT2D eigenvalue weighted by Crippen LogP contribution is 2.44. The van der Waals surface area contributed by atoms with Crippen LogP contribution in [-0.2, 0) is 65.7 Å². The first-order valence-corrected chi connectivity index (χ1v) is 38.1. The average Bonchev–Trinajstić information content (AvgIpc) is 0.966. The molecule has 2 amide bonds. The van der Waals surface area contributed by atoms with E-state index in [1.54, 1.807) is 7.11 Å². The van der Waals surface area contributed by atoms with Gasteiger partial charge >= 0.3 is 15.6 Å². The number of allylic oxidation sites excluding steroid dienone is 2. The molecule has 0 bridgehead atoms. The van der Waals surface area contributed by atoms with Gasteiger partial charge in [-0.1, -0.05) is 220 Å². The number of carbonyl (C=O) groups is 3. The van der Waals surface area contributed by atoms with Crippen LogP contribution < -0.4 is 10.6 Å². The van der Waals surface area contributed by atoms with Crippen LogP contribution in [0.4, 0.5) is 0 Å².